The van der Waals surface area contributed by atoms with Crippen LogP contribution in [-0.4, -0.2) is 16.1 Å². The Labute approximate surface area is 103 Å². The number of hydrogen-bond donors (Lipinski definition) is 1. The molecule has 0 saturated heterocycles. The van der Waals surface area contributed by atoms with Crippen molar-refractivity contribution in [3.8, 4) is 0 Å². The summed E-state index contributed by atoms with van der Waals surface area (Å²) in [5.74, 6) is -4.13. The molecule has 1 aromatic rings. The van der Waals surface area contributed by atoms with E-state index in [4.69, 9.17) is 5.11 Å². The number of pyridine rings is 1. The molecule has 0 aliphatic heterocycles. The Morgan fingerprint density at radius 1 is 1.50 bits per heavy atom. The van der Waals surface area contributed by atoms with Crippen LogP contribution in [0.25, 0.3) is 5.57 Å². The Balaban J connectivity index is 3.09. The predicted molar refractivity (Wildman–Crippen MR) is 64.2 cm³/mol. The fourth-order valence-corrected chi connectivity index (χ4v) is 1.26. The van der Waals surface area contributed by atoms with Gasteiger partial charge >= 0.3 is 5.97 Å². The largest absolute Gasteiger partial charge is 0.478 e. The number of halogens is 2. The van der Waals surface area contributed by atoms with Crippen molar-refractivity contribution in [3.63, 3.8) is 0 Å². The van der Waals surface area contributed by atoms with Crippen molar-refractivity contribution in [3.05, 3.63) is 47.8 Å². The van der Waals surface area contributed by atoms with E-state index < -0.39 is 11.9 Å². The van der Waals surface area contributed by atoms with Gasteiger partial charge in [-0.1, -0.05) is 12.6 Å². The summed E-state index contributed by atoms with van der Waals surface area (Å²) in [4.78, 5) is 14.4. The lowest BCUT2D eigenvalue weighted by Crippen LogP contribution is -2.10. The Morgan fingerprint density at radius 2 is 2.11 bits per heavy atom. The maximum absolute atomic E-state index is 13.1. The Kier molecular flexibility index (Phi) is 3.96. The highest BCUT2D eigenvalue weighted by molar-refractivity contribution is 5.89. The number of nitrogens with zero attached hydrogens (tertiary/aromatic N) is 1. The van der Waals surface area contributed by atoms with Crippen molar-refractivity contribution in [2.24, 2.45) is 0 Å². The average molecular weight is 253 g/mol. The minimum Gasteiger partial charge on any atom is -0.478 e. The minimum atomic E-state index is -3.04. The summed E-state index contributed by atoms with van der Waals surface area (Å²) in [6, 6.07) is 4.15. The second-order valence-corrected chi connectivity index (χ2v) is 3.95. The van der Waals surface area contributed by atoms with Crippen LogP contribution in [0.5, 0.6) is 0 Å². The predicted octanol–water partition coefficient (Wildman–Crippen LogP) is 3.24. The third-order valence-corrected chi connectivity index (χ3v) is 2.26. The molecular formula is C13H13F2NO2. The number of alkyl halides is 2. The van der Waals surface area contributed by atoms with Crippen LogP contribution in [0.3, 0.4) is 0 Å². The molecule has 0 atom stereocenters. The maximum Gasteiger partial charge on any atom is 0.331 e. The van der Waals surface area contributed by atoms with Gasteiger partial charge in [0.25, 0.3) is 5.92 Å². The number of rotatable bonds is 4. The van der Waals surface area contributed by atoms with Crippen molar-refractivity contribution in [1.82, 2.24) is 4.98 Å². The Bertz CT molecular complexity index is 516. The Hall–Kier alpha value is -2.04. The molecule has 0 amide bonds. The first kappa shape index (κ1) is 14.0. The van der Waals surface area contributed by atoms with Crippen LogP contribution in [-0.2, 0) is 10.7 Å². The first-order chi connectivity index (χ1) is 8.21. The van der Waals surface area contributed by atoms with E-state index in [0.29, 0.717) is 0 Å². The van der Waals surface area contributed by atoms with Gasteiger partial charge in [-0.05, 0) is 30.7 Å². The van der Waals surface area contributed by atoms with E-state index in [1.54, 1.807) is 0 Å². The Morgan fingerprint density at radius 3 is 2.61 bits per heavy atom. The number of aliphatic carboxylic acids is 1. The standard InChI is InChI=1S/C13H13F2NO2/c1-8(7-9(2)12(17)18)10-5-4-6-11(16-10)13(3,14)15/h4-7H,1H2,2-3H3,(H,17,18)/b9-7+. The number of carboxylic acid groups (broad SMARTS) is 1. The molecule has 96 valence electrons. The highest BCUT2D eigenvalue weighted by Gasteiger charge is 2.26. The smallest absolute Gasteiger partial charge is 0.331 e. The van der Waals surface area contributed by atoms with E-state index in [1.807, 2.05) is 0 Å². The zero-order chi connectivity index (χ0) is 13.9. The van der Waals surface area contributed by atoms with Gasteiger partial charge < -0.3 is 5.11 Å². The van der Waals surface area contributed by atoms with Crippen molar-refractivity contribution in [2.45, 2.75) is 19.8 Å². The number of carbonyl (C=O) groups is 1. The van der Waals surface area contributed by atoms with E-state index in [1.165, 1.54) is 31.2 Å². The van der Waals surface area contributed by atoms with E-state index in [-0.39, 0.29) is 22.5 Å². The number of allylic oxidation sites excluding steroid dienone is 2. The highest BCUT2D eigenvalue weighted by atomic mass is 19.3. The second-order valence-electron chi connectivity index (χ2n) is 3.95. The lowest BCUT2D eigenvalue weighted by Gasteiger charge is -2.10. The van der Waals surface area contributed by atoms with E-state index in [2.05, 4.69) is 11.6 Å². The van der Waals surface area contributed by atoms with Crippen LogP contribution in [0.4, 0.5) is 8.78 Å². The summed E-state index contributed by atoms with van der Waals surface area (Å²) < 4.78 is 26.2. The highest BCUT2D eigenvalue weighted by Crippen LogP contribution is 2.26. The summed E-state index contributed by atoms with van der Waals surface area (Å²) in [5, 5.41) is 8.71. The van der Waals surface area contributed by atoms with E-state index in [0.717, 1.165) is 6.92 Å². The zero-order valence-electron chi connectivity index (χ0n) is 10.1. The molecule has 0 bridgehead atoms. The fraction of sp³-hybridized carbons (Fsp3) is 0.231. The molecule has 0 aliphatic carbocycles. The summed E-state index contributed by atoms with van der Waals surface area (Å²) in [6.45, 7) is 5.77. The molecule has 1 rings (SSSR count). The molecular weight excluding hydrogens is 240 g/mol. The third kappa shape index (κ3) is 3.48. The van der Waals surface area contributed by atoms with Crippen LogP contribution in [0.1, 0.15) is 25.2 Å². The first-order valence-corrected chi connectivity index (χ1v) is 5.18. The summed E-state index contributed by atoms with van der Waals surface area (Å²) in [6.07, 6.45) is 1.29. The molecule has 0 fully saturated rings. The summed E-state index contributed by atoms with van der Waals surface area (Å²) in [5.41, 5.74) is 0.202. The molecule has 5 heteroatoms. The van der Waals surface area contributed by atoms with Gasteiger partial charge in [-0.15, -0.1) is 0 Å². The van der Waals surface area contributed by atoms with E-state index in [9.17, 15) is 13.6 Å². The van der Waals surface area contributed by atoms with Gasteiger partial charge in [-0.2, -0.15) is 8.78 Å². The van der Waals surface area contributed by atoms with Gasteiger partial charge in [-0.25, -0.2) is 9.78 Å². The van der Waals surface area contributed by atoms with Crippen LogP contribution < -0.4 is 0 Å². The van der Waals surface area contributed by atoms with Crippen LogP contribution in [0, 0.1) is 0 Å². The normalized spacial score (nSPS) is 12.3. The molecule has 0 unspecified atom stereocenters. The SMILES string of the molecule is C=C(/C=C(\C)C(=O)O)c1cccc(C(C)(F)F)n1. The van der Waals surface area contributed by atoms with Crippen LogP contribution >= 0.6 is 0 Å². The van der Waals surface area contributed by atoms with Gasteiger partial charge in [0.2, 0.25) is 0 Å². The monoisotopic (exact) mass is 253 g/mol. The van der Waals surface area contributed by atoms with Gasteiger partial charge in [0.1, 0.15) is 5.69 Å². The minimum absolute atomic E-state index is 0.0652. The topological polar surface area (TPSA) is 50.2 Å². The molecule has 1 aromatic heterocycles. The molecule has 0 saturated carbocycles. The van der Waals surface area contributed by atoms with Crippen molar-refractivity contribution in [1.29, 1.82) is 0 Å². The van der Waals surface area contributed by atoms with Crippen molar-refractivity contribution >= 4 is 11.5 Å². The quantitative estimate of drug-likeness (QED) is 0.662. The number of aromatic nitrogens is 1. The second kappa shape index (κ2) is 5.08. The van der Waals surface area contributed by atoms with Gasteiger partial charge in [-0.3, -0.25) is 0 Å². The maximum atomic E-state index is 13.1. The van der Waals surface area contributed by atoms with Crippen LogP contribution in [0.2, 0.25) is 0 Å². The molecule has 0 aromatic carbocycles. The molecule has 0 spiro atoms. The fourth-order valence-electron chi connectivity index (χ4n) is 1.26. The molecule has 18 heavy (non-hydrogen) atoms. The average Bonchev–Trinajstić information content (AvgIpc) is 2.27. The van der Waals surface area contributed by atoms with Gasteiger partial charge in [0.15, 0.2) is 0 Å². The molecule has 1 N–H and O–H groups in total. The van der Waals surface area contributed by atoms with Crippen molar-refractivity contribution in [2.75, 3.05) is 0 Å². The van der Waals surface area contributed by atoms with E-state index >= 15 is 0 Å². The summed E-state index contributed by atoms with van der Waals surface area (Å²) in [7, 11) is 0. The van der Waals surface area contributed by atoms with Gasteiger partial charge in [0.05, 0.1) is 5.69 Å². The zero-order valence-corrected chi connectivity index (χ0v) is 10.1. The van der Waals surface area contributed by atoms with Crippen LogP contribution in [0.15, 0.2) is 36.4 Å². The molecule has 0 aliphatic rings. The molecule has 0 radical (unpaired) electrons. The number of hydrogen-bond acceptors (Lipinski definition) is 2. The van der Waals surface area contributed by atoms with Gasteiger partial charge in [0, 0.05) is 12.5 Å². The lowest BCUT2D eigenvalue weighted by atomic mass is 10.1. The van der Waals surface area contributed by atoms with Crippen molar-refractivity contribution < 1.29 is 18.7 Å². The summed E-state index contributed by atoms with van der Waals surface area (Å²) >= 11 is 0. The molecule has 3 nitrogen and oxygen atoms in total. The number of carboxylic acids is 1. The third-order valence-electron chi connectivity index (χ3n) is 2.26. The lowest BCUT2D eigenvalue weighted by molar-refractivity contribution is -0.132. The molecule has 1 heterocycles. The first-order valence-electron chi connectivity index (χ1n) is 5.18.